The van der Waals surface area contributed by atoms with Crippen molar-refractivity contribution >= 4 is 41.3 Å². The van der Waals surface area contributed by atoms with Gasteiger partial charge in [0.05, 0.1) is 24.9 Å². The van der Waals surface area contributed by atoms with Gasteiger partial charge in [0.25, 0.3) is 0 Å². The van der Waals surface area contributed by atoms with Crippen LogP contribution in [0.2, 0.25) is 0 Å². The molecule has 0 spiro atoms. The van der Waals surface area contributed by atoms with Gasteiger partial charge in [-0.1, -0.05) is 6.07 Å². The second-order valence-corrected chi connectivity index (χ2v) is 6.80. The molecule has 0 aliphatic rings. The zero-order valence-corrected chi connectivity index (χ0v) is 19.5. The molecule has 0 saturated heterocycles. The van der Waals surface area contributed by atoms with Crippen LogP contribution in [-0.4, -0.2) is 44.8 Å². The van der Waals surface area contributed by atoms with Crippen LogP contribution in [0.5, 0.6) is 11.5 Å². The molecule has 0 amide bonds. The highest BCUT2D eigenvalue weighted by Gasteiger charge is 2.05. The number of aliphatic imine (C=N–C) groups is 1. The minimum absolute atomic E-state index is 0. The maximum atomic E-state index is 5.35. The molecule has 27 heavy (non-hydrogen) atoms. The number of hydrogen-bond donors (Lipinski definition) is 2. The first-order valence-corrected chi connectivity index (χ1v) is 9.68. The fraction of sp³-hybridized carbons (Fsp3) is 0.474. The Morgan fingerprint density at radius 1 is 1.15 bits per heavy atom. The summed E-state index contributed by atoms with van der Waals surface area (Å²) in [6.45, 7) is 6.43. The monoisotopic (exact) mass is 504 g/mol. The van der Waals surface area contributed by atoms with Gasteiger partial charge < -0.3 is 20.1 Å². The summed E-state index contributed by atoms with van der Waals surface area (Å²) in [6, 6.07) is 6.00. The number of thiazole rings is 1. The van der Waals surface area contributed by atoms with Crippen molar-refractivity contribution < 1.29 is 9.47 Å². The second-order valence-electron chi connectivity index (χ2n) is 5.73. The summed E-state index contributed by atoms with van der Waals surface area (Å²) in [7, 11) is 3.30. The van der Waals surface area contributed by atoms with Crippen molar-refractivity contribution in [1.29, 1.82) is 0 Å². The van der Waals surface area contributed by atoms with E-state index in [1.165, 1.54) is 5.56 Å². The molecule has 1 heterocycles. The van der Waals surface area contributed by atoms with Crippen LogP contribution in [0.25, 0.3) is 0 Å². The molecule has 2 rings (SSSR count). The maximum Gasteiger partial charge on any atom is 0.191 e. The SMILES string of the molecule is CCNC(=NCCc1csc(C)n1)NCCc1ccc(OC)c(OC)c1.I. The van der Waals surface area contributed by atoms with Crippen molar-refractivity contribution in [2.24, 2.45) is 4.99 Å². The Labute approximate surface area is 182 Å². The van der Waals surface area contributed by atoms with E-state index in [4.69, 9.17) is 9.47 Å². The molecule has 0 aliphatic carbocycles. The Morgan fingerprint density at radius 2 is 1.93 bits per heavy atom. The van der Waals surface area contributed by atoms with E-state index in [9.17, 15) is 0 Å². The van der Waals surface area contributed by atoms with Crippen LogP contribution < -0.4 is 20.1 Å². The Bertz CT molecular complexity index is 721. The zero-order valence-electron chi connectivity index (χ0n) is 16.4. The largest absolute Gasteiger partial charge is 0.493 e. The summed E-state index contributed by atoms with van der Waals surface area (Å²) in [4.78, 5) is 9.10. The first kappa shape index (κ1) is 23.5. The first-order valence-electron chi connectivity index (χ1n) is 8.80. The number of ether oxygens (including phenoxy) is 2. The van der Waals surface area contributed by atoms with Crippen molar-refractivity contribution in [1.82, 2.24) is 15.6 Å². The molecule has 2 N–H and O–H groups in total. The van der Waals surface area contributed by atoms with Gasteiger partial charge in [-0.3, -0.25) is 4.99 Å². The summed E-state index contributed by atoms with van der Waals surface area (Å²) >= 11 is 1.68. The number of nitrogens with one attached hydrogen (secondary N) is 2. The van der Waals surface area contributed by atoms with Gasteiger partial charge in [0.1, 0.15) is 0 Å². The number of benzene rings is 1. The Hall–Kier alpha value is -1.55. The number of guanidine groups is 1. The Morgan fingerprint density at radius 3 is 2.56 bits per heavy atom. The number of nitrogens with zero attached hydrogens (tertiary/aromatic N) is 2. The Kier molecular flexibility index (Phi) is 11.1. The third kappa shape index (κ3) is 7.92. The molecular weight excluding hydrogens is 475 g/mol. The highest BCUT2D eigenvalue weighted by molar-refractivity contribution is 14.0. The summed E-state index contributed by atoms with van der Waals surface area (Å²) in [5.41, 5.74) is 2.29. The molecule has 0 bridgehead atoms. The zero-order chi connectivity index (χ0) is 18.8. The number of aromatic nitrogens is 1. The predicted molar refractivity (Wildman–Crippen MR) is 123 cm³/mol. The van der Waals surface area contributed by atoms with E-state index >= 15 is 0 Å². The van der Waals surface area contributed by atoms with Gasteiger partial charge in [-0.25, -0.2) is 4.98 Å². The fourth-order valence-electron chi connectivity index (χ4n) is 2.51. The number of aryl methyl sites for hydroxylation is 1. The molecule has 6 nitrogen and oxygen atoms in total. The lowest BCUT2D eigenvalue weighted by Gasteiger charge is -2.12. The van der Waals surface area contributed by atoms with Crippen molar-refractivity contribution in [2.75, 3.05) is 33.9 Å². The van der Waals surface area contributed by atoms with Gasteiger partial charge in [0.15, 0.2) is 17.5 Å². The lowest BCUT2D eigenvalue weighted by Crippen LogP contribution is -2.38. The van der Waals surface area contributed by atoms with Crippen LogP contribution in [-0.2, 0) is 12.8 Å². The minimum atomic E-state index is 0. The van der Waals surface area contributed by atoms with Crippen molar-refractivity contribution in [3.63, 3.8) is 0 Å². The third-order valence-corrected chi connectivity index (χ3v) is 4.63. The second kappa shape index (κ2) is 12.8. The average Bonchev–Trinajstić information content (AvgIpc) is 3.06. The summed E-state index contributed by atoms with van der Waals surface area (Å²) in [6.07, 6.45) is 1.73. The van der Waals surface area contributed by atoms with E-state index in [0.717, 1.165) is 60.6 Å². The summed E-state index contributed by atoms with van der Waals surface area (Å²) < 4.78 is 10.6. The Balaban J connectivity index is 0.00000364. The summed E-state index contributed by atoms with van der Waals surface area (Å²) in [5.74, 6) is 2.33. The predicted octanol–water partition coefficient (Wildman–Crippen LogP) is 3.43. The molecule has 0 aliphatic heterocycles. The van der Waals surface area contributed by atoms with Crippen molar-refractivity contribution in [2.45, 2.75) is 26.7 Å². The van der Waals surface area contributed by atoms with E-state index in [0.29, 0.717) is 0 Å². The van der Waals surface area contributed by atoms with E-state index in [1.54, 1.807) is 25.6 Å². The van der Waals surface area contributed by atoms with Gasteiger partial charge in [0, 0.05) is 31.4 Å². The highest BCUT2D eigenvalue weighted by Crippen LogP contribution is 2.27. The number of hydrogen-bond acceptors (Lipinski definition) is 5. The third-order valence-electron chi connectivity index (χ3n) is 3.80. The van der Waals surface area contributed by atoms with E-state index < -0.39 is 0 Å². The molecule has 0 unspecified atom stereocenters. The number of rotatable bonds is 9. The normalized spacial score (nSPS) is 10.9. The standard InChI is InChI=1S/C19H28N4O2S.HI/c1-5-20-19(22-11-9-16-13-26-14(2)23-16)21-10-8-15-6-7-17(24-3)18(12-15)25-4;/h6-7,12-13H,5,8-11H2,1-4H3,(H2,20,21,22);1H. The van der Waals surface area contributed by atoms with Crippen molar-refractivity contribution in [3.8, 4) is 11.5 Å². The van der Waals surface area contributed by atoms with Crippen molar-refractivity contribution in [3.05, 3.63) is 39.8 Å². The smallest absolute Gasteiger partial charge is 0.191 e. The van der Waals surface area contributed by atoms with Crippen LogP contribution in [0.1, 0.15) is 23.2 Å². The lowest BCUT2D eigenvalue weighted by molar-refractivity contribution is 0.354. The van der Waals surface area contributed by atoms with Gasteiger partial charge in [-0.05, 0) is 38.0 Å². The van der Waals surface area contributed by atoms with Crippen LogP contribution in [0, 0.1) is 6.92 Å². The molecule has 1 aromatic heterocycles. The van der Waals surface area contributed by atoms with Crippen LogP contribution >= 0.6 is 35.3 Å². The van der Waals surface area contributed by atoms with Crippen LogP contribution in [0.15, 0.2) is 28.6 Å². The molecule has 8 heteroatoms. The summed E-state index contributed by atoms with van der Waals surface area (Å²) in [5, 5.41) is 9.85. The van der Waals surface area contributed by atoms with Gasteiger partial charge in [-0.2, -0.15) is 0 Å². The topological polar surface area (TPSA) is 67.8 Å². The van der Waals surface area contributed by atoms with Gasteiger partial charge in [0.2, 0.25) is 0 Å². The molecule has 150 valence electrons. The van der Waals surface area contributed by atoms with E-state index in [1.807, 2.05) is 19.1 Å². The molecule has 1 aromatic carbocycles. The van der Waals surface area contributed by atoms with Gasteiger partial charge >= 0.3 is 0 Å². The molecule has 0 radical (unpaired) electrons. The van der Waals surface area contributed by atoms with E-state index in [-0.39, 0.29) is 24.0 Å². The average molecular weight is 504 g/mol. The van der Waals surface area contributed by atoms with Crippen LogP contribution in [0.3, 0.4) is 0 Å². The van der Waals surface area contributed by atoms with Gasteiger partial charge in [-0.15, -0.1) is 35.3 Å². The van der Waals surface area contributed by atoms with Crippen LogP contribution in [0.4, 0.5) is 0 Å². The lowest BCUT2D eigenvalue weighted by atomic mass is 10.1. The molecular formula is C19H29IN4O2S. The highest BCUT2D eigenvalue weighted by atomic mass is 127. The quantitative estimate of drug-likeness (QED) is 0.311. The molecule has 0 atom stereocenters. The minimum Gasteiger partial charge on any atom is -0.493 e. The van der Waals surface area contributed by atoms with E-state index in [2.05, 4.69) is 39.0 Å². The maximum absolute atomic E-state index is 5.35. The fourth-order valence-corrected chi connectivity index (χ4v) is 3.16. The number of methoxy groups -OCH3 is 2. The number of halogens is 1. The molecule has 0 saturated carbocycles. The molecule has 0 fully saturated rings. The molecule has 2 aromatic rings. The first-order chi connectivity index (χ1) is 12.7.